The molecule has 0 saturated heterocycles. The maximum Gasteiger partial charge on any atom is 0.421 e. The Morgan fingerprint density at radius 1 is 1.00 bits per heavy atom. The van der Waals surface area contributed by atoms with Crippen molar-refractivity contribution in [2.75, 3.05) is 7.11 Å². The van der Waals surface area contributed by atoms with Gasteiger partial charge in [-0.05, 0) is 13.3 Å². The number of hydrogen-bond donors (Lipinski definition) is 0. The maximum atomic E-state index is 13.0. The molecule has 0 aromatic carbocycles. The third kappa shape index (κ3) is 2.28. The fourth-order valence-electron chi connectivity index (χ4n) is 1.84. The lowest BCUT2D eigenvalue weighted by Gasteiger charge is -2.46. The third-order valence-electron chi connectivity index (χ3n) is 3.03. The summed E-state index contributed by atoms with van der Waals surface area (Å²) in [5.41, 5.74) is -6.72. The van der Waals surface area contributed by atoms with Crippen LogP contribution in [0.3, 0.4) is 0 Å². The molecule has 0 amide bonds. The molecule has 0 heterocycles. The van der Waals surface area contributed by atoms with Crippen LogP contribution in [0.25, 0.3) is 0 Å². The van der Waals surface area contributed by atoms with Gasteiger partial charge in [-0.15, -0.1) is 6.58 Å². The Kier molecular flexibility index (Phi) is 4.68. The molecule has 0 aliphatic heterocycles. The first kappa shape index (κ1) is 17.0. The minimum Gasteiger partial charge on any atom is -0.364 e. The van der Waals surface area contributed by atoms with Gasteiger partial charge in [-0.3, -0.25) is 0 Å². The van der Waals surface area contributed by atoms with Crippen molar-refractivity contribution >= 4 is 0 Å². The van der Waals surface area contributed by atoms with Gasteiger partial charge in [0.15, 0.2) is 5.60 Å². The van der Waals surface area contributed by atoms with Crippen LogP contribution in [0, 0.1) is 5.41 Å². The number of ether oxygens (including phenoxy) is 1. The van der Waals surface area contributed by atoms with Crippen LogP contribution in [0.2, 0.25) is 0 Å². The minimum absolute atomic E-state index is 0.143. The Bertz CT molecular complexity index is 318. The second-order valence-corrected chi connectivity index (χ2v) is 3.96. The second-order valence-electron chi connectivity index (χ2n) is 3.96. The van der Waals surface area contributed by atoms with Crippen molar-refractivity contribution in [3.8, 4) is 0 Å². The van der Waals surface area contributed by atoms with Gasteiger partial charge in [-0.2, -0.15) is 26.3 Å². The van der Waals surface area contributed by atoms with Crippen LogP contribution in [0.4, 0.5) is 26.3 Å². The number of rotatable bonds is 5. The Labute approximate surface area is 101 Å². The van der Waals surface area contributed by atoms with Crippen molar-refractivity contribution in [1.29, 1.82) is 0 Å². The van der Waals surface area contributed by atoms with E-state index in [1.807, 2.05) is 0 Å². The van der Waals surface area contributed by atoms with Crippen LogP contribution >= 0.6 is 0 Å². The summed E-state index contributed by atoms with van der Waals surface area (Å²) in [5.74, 6) is 0. The molecule has 1 nitrogen and oxygen atoms in total. The summed E-state index contributed by atoms with van der Waals surface area (Å²) < 4.78 is 82.2. The van der Waals surface area contributed by atoms with Crippen LogP contribution in [-0.2, 0) is 4.74 Å². The van der Waals surface area contributed by atoms with E-state index in [9.17, 15) is 26.3 Å². The van der Waals surface area contributed by atoms with Gasteiger partial charge in [-0.25, -0.2) is 0 Å². The molecule has 0 N–H and O–H groups in total. The van der Waals surface area contributed by atoms with E-state index in [-0.39, 0.29) is 6.08 Å². The first-order valence-electron chi connectivity index (χ1n) is 4.86. The van der Waals surface area contributed by atoms with E-state index in [1.165, 1.54) is 0 Å². The highest BCUT2D eigenvalue weighted by molar-refractivity contribution is 5.17. The van der Waals surface area contributed by atoms with Gasteiger partial charge in [0.1, 0.15) is 5.41 Å². The molecule has 0 radical (unpaired) electrons. The molecular formula is C11H14F6O. The maximum absolute atomic E-state index is 13.0. The molecular weight excluding hydrogens is 262 g/mol. The number of allylic oxidation sites excluding steroid dienone is 1. The van der Waals surface area contributed by atoms with Crippen molar-refractivity contribution in [3.05, 3.63) is 25.3 Å². The number of alkyl halides is 6. The molecule has 18 heavy (non-hydrogen) atoms. The number of methoxy groups -OCH3 is 1. The average molecular weight is 276 g/mol. The molecule has 0 aromatic heterocycles. The minimum atomic E-state index is -5.25. The van der Waals surface area contributed by atoms with Gasteiger partial charge in [0.2, 0.25) is 0 Å². The smallest absolute Gasteiger partial charge is 0.364 e. The lowest BCUT2D eigenvalue weighted by molar-refractivity contribution is -0.348. The average Bonchev–Trinajstić information content (AvgIpc) is 2.16. The normalized spacial score (nSPS) is 19.8. The SMILES string of the molecule is C=CCC(C)(C(F)(F)F)C(C=C)(OC)C(F)(F)F. The highest BCUT2D eigenvalue weighted by Crippen LogP contribution is 2.56. The molecule has 7 heteroatoms. The van der Waals surface area contributed by atoms with E-state index in [2.05, 4.69) is 17.9 Å². The summed E-state index contributed by atoms with van der Waals surface area (Å²) in [5, 5.41) is 0. The van der Waals surface area contributed by atoms with Crippen molar-refractivity contribution < 1.29 is 31.1 Å². The summed E-state index contributed by atoms with van der Waals surface area (Å²) in [6.45, 7) is 6.36. The van der Waals surface area contributed by atoms with Gasteiger partial charge >= 0.3 is 12.4 Å². The van der Waals surface area contributed by atoms with E-state index < -0.39 is 29.8 Å². The Balaban J connectivity index is 6.13. The van der Waals surface area contributed by atoms with E-state index in [1.54, 1.807) is 0 Å². The molecule has 0 aliphatic carbocycles. The topological polar surface area (TPSA) is 9.23 Å². The lowest BCUT2D eigenvalue weighted by Crippen LogP contribution is -2.62. The van der Waals surface area contributed by atoms with Crippen molar-refractivity contribution in [1.82, 2.24) is 0 Å². The van der Waals surface area contributed by atoms with Crippen LogP contribution in [0.15, 0.2) is 25.3 Å². The zero-order valence-corrected chi connectivity index (χ0v) is 9.95. The standard InChI is InChI=1S/C11H14F6O/c1-5-7-8(3,10(12,13)14)9(6-2,18-4)11(15,16)17/h5-6H,1-2,7H2,3-4H3. The Hall–Kier alpha value is -0.980. The first-order valence-corrected chi connectivity index (χ1v) is 4.86. The zero-order chi connectivity index (χ0) is 14.8. The fourth-order valence-corrected chi connectivity index (χ4v) is 1.84. The van der Waals surface area contributed by atoms with Gasteiger partial charge in [0.05, 0.1) is 0 Å². The second kappa shape index (κ2) is 4.95. The predicted octanol–water partition coefficient (Wildman–Crippen LogP) is 4.26. The quantitative estimate of drug-likeness (QED) is 0.538. The largest absolute Gasteiger partial charge is 0.421 e. The van der Waals surface area contributed by atoms with Crippen molar-refractivity contribution in [3.63, 3.8) is 0 Å². The molecule has 0 bridgehead atoms. The molecule has 0 aromatic rings. The summed E-state index contributed by atoms with van der Waals surface area (Å²) in [4.78, 5) is 0. The Morgan fingerprint density at radius 2 is 1.44 bits per heavy atom. The first-order chi connectivity index (χ1) is 7.93. The Morgan fingerprint density at radius 3 is 1.61 bits per heavy atom. The van der Waals surface area contributed by atoms with Crippen LogP contribution in [0.1, 0.15) is 13.3 Å². The van der Waals surface area contributed by atoms with Gasteiger partial charge in [0, 0.05) is 7.11 Å². The van der Waals surface area contributed by atoms with Crippen molar-refractivity contribution in [2.24, 2.45) is 5.41 Å². The molecule has 2 unspecified atom stereocenters. The van der Waals surface area contributed by atoms with E-state index >= 15 is 0 Å². The molecule has 0 spiro atoms. The molecule has 2 atom stereocenters. The summed E-state index contributed by atoms with van der Waals surface area (Å²) in [6, 6.07) is 0. The highest BCUT2D eigenvalue weighted by Gasteiger charge is 2.72. The number of halogens is 6. The van der Waals surface area contributed by atoms with Crippen LogP contribution in [-0.4, -0.2) is 25.1 Å². The summed E-state index contributed by atoms with van der Waals surface area (Å²) >= 11 is 0. The van der Waals surface area contributed by atoms with E-state index in [0.29, 0.717) is 14.0 Å². The van der Waals surface area contributed by atoms with Crippen molar-refractivity contribution in [2.45, 2.75) is 31.3 Å². The fraction of sp³-hybridized carbons (Fsp3) is 0.636. The molecule has 0 rings (SSSR count). The van der Waals surface area contributed by atoms with E-state index in [0.717, 1.165) is 6.08 Å². The monoisotopic (exact) mass is 276 g/mol. The molecule has 0 saturated carbocycles. The molecule has 106 valence electrons. The molecule has 0 aliphatic rings. The summed E-state index contributed by atoms with van der Waals surface area (Å²) in [7, 11) is 0.572. The van der Waals surface area contributed by atoms with E-state index in [4.69, 9.17) is 0 Å². The van der Waals surface area contributed by atoms with Gasteiger partial charge in [-0.1, -0.05) is 18.7 Å². The van der Waals surface area contributed by atoms with Crippen LogP contribution < -0.4 is 0 Å². The molecule has 0 fully saturated rings. The van der Waals surface area contributed by atoms with Gasteiger partial charge < -0.3 is 4.74 Å². The van der Waals surface area contributed by atoms with Crippen LogP contribution in [0.5, 0.6) is 0 Å². The van der Waals surface area contributed by atoms with Gasteiger partial charge in [0.25, 0.3) is 0 Å². The number of hydrogen-bond acceptors (Lipinski definition) is 1. The lowest BCUT2D eigenvalue weighted by atomic mass is 9.69. The third-order valence-corrected chi connectivity index (χ3v) is 3.03. The predicted molar refractivity (Wildman–Crippen MR) is 55.0 cm³/mol. The highest BCUT2D eigenvalue weighted by atomic mass is 19.4. The summed E-state index contributed by atoms with van der Waals surface area (Å²) in [6.07, 6.45) is -10.4. The zero-order valence-electron chi connectivity index (χ0n) is 9.95.